The van der Waals surface area contributed by atoms with E-state index in [1.165, 1.54) is 12.0 Å². The number of aromatic nitrogens is 2. The Morgan fingerprint density at radius 3 is 3.14 bits per heavy atom. The van der Waals surface area contributed by atoms with Crippen molar-refractivity contribution >= 4 is 11.0 Å². The number of nitrogens with zero attached hydrogens (tertiary/aromatic N) is 2. The molecule has 1 saturated heterocycles. The zero-order chi connectivity index (χ0) is 15.2. The molecule has 0 saturated carbocycles. The van der Waals surface area contributed by atoms with Crippen LogP contribution in [0.15, 0.2) is 18.2 Å². The minimum Gasteiger partial charge on any atom is -0.381 e. The minimum atomic E-state index is 0.760. The number of ether oxygens (including phenoxy) is 1. The van der Waals surface area contributed by atoms with Crippen LogP contribution in [-0.4, -0.2) is 54.3 Å². The number of imidazole rings is 1. The van der Waals surface area contributed by atoms with Crippen molar-refractivity contribution in [1.82, 2.24) is 20.2 Å². The first-order chi connectivity index (χ1) is 10.9. The lowest BCUT2D eigenvalue weighted by molar-refractivity contribution is 0.151. The molecule has 2 aromatic rings. The molecule has 2 heterocycles. The molecule has 1 aliphatic heterocycles. The van der Waals surface area contributed by atoms with E-state index in [2.05, 4.69) is 33.4 Å². The summed E-state index contributed by atoms with van der Waals surface area (Å²) in [5.41, 5.74) is 3.51. The Morgan fingerprint density at radius 1 is 1.27 bits per heavy atom. The summed E-state index contributed by atoms with van der Waals surface area (Å²) in [5, 5.41) is 3.44. The standard InChI is InChI=1S/C17H26N4O/c1-2-22-12-7-14-5-3-6-15-17(14)20-16(19-15)13-21-10-4-8-18-9-11-21/h3,5-6,18H,2,4,7-13H2,1H3,(H,19,20). The fourth-order valence-electron chi connectivity index (χ4n) is 3.02. The molecule has 5 heteroatoms. The van der Waals surface area contributed by atoms with E-state index in [1.807, 2.05) is 6.92 Å². The van der Waals surface area contributed by atoms with Gasteiger partial charge in [-0.05, 0) is 44.5 Å². The lowest BCUT2D eigenvalue weighted by Gasteiger charge is -2.17. The average Bonchev–Trinajstić information content (AvgIpc) is 2.76. The second kappa shape index (κ2) is 7.72. The molecule has 0 amide bonds. The first kappa shape index (κ1) is 15.5. The molecule has 0 bridgehead atoms. The van der Waals surface area contributed by atoms with E-state index in [0.29, 0.717) is 0 Å². The molecule has 0 atom stereocenters. The van der Waals surface area contributed by atoms with Gasteiger partial charge in [-0.15, -0.1) is 0 Å². The first-order valence-corrected chi connectivity index (χ1v) is 8.34. The Hall–Kier alpha value is -1.43. The predicted molar refractivity (Wildman–Crippen MR) is 89.1 cm³/mol. The molecule has 2 N–H and O–H groups in total. The third-order valence-corrected chi connectivity index (χ3v) is 4.17. The normalized spacial score (nSPS) is 17.0. The quantitative estimate of drug-likeness (QED) is 0.801. The summed E-state index contributed by atoms with van der Waals surface area (Å²) in [4.78, 5) is 10.8. The van der Waals surface area contributed by atoms with Crippen molar-refractivity contribution < 1.29 is 4.74 Å². The van der Waals surface area contributed by atoms with Gasteiger partial charge in [0, 0.05) is 19.7 Å². The average molecular weight is 302 g/mol. The second-order valence-electron chi connectivity index (χ2n) is 5.82. The van der Waals surface area contributed by atoms with Crippen molar-refractivity contribution in [1.29, 1.82) is 0 Å². The Balaban J connectivity index is 1.72. The van der Waals surface area contributed by atoms with Gasteiger partial charge in [0.2, 0.25) is 0 Å². The van der Waals surface area contributed by atoms with Gasteiger partial charge >= 0.3 is 0 Å². The highest BCUT2D eigenvalue weighted by Crippen LogP contribution is 2.18. The molecule has 1 aliphatic rings. The van der Waals surface area contributed by atoms with Crippen molar-refractivity contribution in [2.24, 2.45) is 0 Å². The molecule has 120 valence electrons. The maximum Gasteiger partial charge on any atom is 0.121 e. The Bertz CT molecular complexity index is 587. The van der Waals surface area contributed by atoms with Crippen molar-refractivity contribution in [3.63, 3.8) is 0 Å². The van der Waals surface area contributed by atoms with Crippen LogP contribution in [0.1, 0.15) is 24.7 Å². The van der Waals surface area contributed by atoms with Gasteiger partial charge in [-0.1, -0.05) is 12.1 Å². The van der Waals surface area contributed by atoms with Gasteiger partial charge in [-0.25, -0.2) is 4.98 Å². The zero-order valence-corrected chi connectivity index (χ0v) is 13.4. The molecule has 0 spiro atoms. The third kappa shape index (κ3) is 3.85. The number of fused-ring (bicyclic) bond motifs is 1. The number of benzene rings is 1. The largest absolute Gasteiger partial charge is 0.381 e. The van der Waals surface area contributed by atoms with E-state index in [4.69, 9.17) is 9.72 Å². The molecular weight excluding hydrogens is 276 g/mol. The molecule has 0 radical (unpaired) electrons. The summed E-state index contributed by atoms with van der Waals surface area (Å²) < 4.78 is 5.48. The van der Waals surface area contributed by atoms with E-state index in [1.54, 1.807) is 0 Å². The topological polar surface area (TPSA) is 53.2 Å². The van der Waals surface area contributed by atoms with Crippen LogP contribution in [-0.2, 0) is 17.7 Å². The monoisotopic (exact) mass is 302 g/mol. The summed E-state index contributed by atoms with van der Waals surface area (Å²) >= 11 is 0. The van der Waals surface area contributed by atoms with Gasteiger partial charge in [-0.3, -0.25) is 4.90 Å². The highest BCUT2D eigenvalue weighted by Gasteiger charge is 2.12. The molecule has 5 nitrogen and oxygen atoms in total. The fourth-order valence-corrected chi connectivity index (χ4v) is 3.02. The first-order valence-electron chi connectivity index (χ1n) is 8.34. The molecule has 22 heavy (non-hydrogen) atoms. The van der Waals surface area contributed by atoms with Gasteiger partial charge in [0.1, 0.15) is 5.82 Å². The summed E-state index contributed by atoms with van der Waals surface area (Å²) in [6, 6.07) is 6.36. The zero-order valence-electron chi connectivity index (χ0n) is 13.4. The number of rotatable bonds is 6. The van der Waals surface area contributed by atoms with Crippen LogP contribution in [0, 0.1) is 0 Å². The number of H-pyrrole nitrogens is 1. The Kier molecular flexibility index (Phi) is 5.43. The van der Waals surface area contributed by atoms with Crippen LogP contribution >= 0.6 is 0 Å². The van der Waals surface area contributed by atoms with Crippen molar-refractivity contribution in [2.45, 2.75) is 26.3 Å². The van der Waals surface area contributed by atoms with Gasteiger partial charge in [-0.2, -0.15) is 0 Å². The second-order valence-corrected chi connectivity index (χ2v) is 5.82. The Morgan fingerprint density at radius 2 is 2.23 bits per heavy atom. The number of para-hydroxylation sites is 1. The summed E-state index contributed by atoms with van der Waals surface area (Å²) in [5.74, 6) is 1.07. The van der Waals surface area contributed by atoms with Crippen molar-refractivity contribution in [3.05, 3.63) is 29.6 Å². The van der Waals surface area contributed by atoms with Crippen molar-refractivity contribution in [3.8, 4) is 0 Å². The highest BCUT2D eigenvalue weighted by atomic mass is 16.5. The van der Waals surface area contributed by atoms with Gasteiger partial charge in [0.05, 0.1) is 24.2 Å². The molecule has 1 aromatic heterocycles. The smallest absolute Gasteiger partial charge is 0.121 e. The molecule has 0 aliphatic carbocycles. The lowest BCUT2D eigenvalue weighted by atomic mass is 10.1. The van der Waals surface area contributed by atoms with Gasteiger partial charge < -0.3 is 15.0 Å². The third-order valence-electron chi connectivity index (χ3n) is 4.17. The van der Waals surface area contributed by atoms with Crippen LogP contribution in [0.25, 0.3) is 11.0 Å². The van der Waals surface area contributed by atoms with Gasteiger partial charge in [0.15, 0.2) is 0 Å². The maximum atomic E-state index is 5.48. The SMILES string of the molecule is CCOCCc1cccc2[nH]c(CN3CCCNCC3)nc12. The van der Waals surface area contributed by atoms with Crippen LogP contribution < -0.4 is 5.32 Å². The lowest BCUT2D eigenvalue weighted by Crippen LogP contribution is -2.28. The number of aromatic amines is 1. The van der Waals surface area contributed by atoms with E-state index < -0.39 is 0 Å². The minimum absolute atomic E-state index is 0.760. The van der Waals surface area contributed by atoms with Crippen LogP contribution in [0.2, 0.25) is 0 Å². The van der Waals surface area contributed by atoms with E-state index >= 15 is 0 Å². The number of nitrogens with one attached hydrogen (secondary N) is 2. The molecule has 1 fully saturated rings. The van der Waals surface area contributed by atoms with Crippen LogP contribution in [0.3, 0.4) is 0 Å². The summed E-state index contributed by atoms with van der Waals surface area (Å²) in [6.45, 7) is 8.89. The number of hydrogen-bond acceptors (Lipinski definition) is 4. The van der Waals surface area contributed by atoms with Crippen LogP contribution in [0.4, 0.5) is 0 Å². The van der Waals surface area contributed by atoms with E-state index in [0.717, 1.165) is 69.2 Å². The number of hydrogen-bond donors (Lipinski definition) is 2. The summed E-state index contributed by atoms with van der Waals surface area (Å²) in [6.07, 6.45) is 2.13. The highest BCUT2D eigenvalue weighted by molar-refractivity contribution is 5.78. The van der Waals surface area contributed by atoms with E-state index in [9.17, 15) is 0 Å². The molecule has 0 unspecified atom stereocenters. The molecular formula is C17H26N4O. The van der Waals surface area contributed by atoms with E-state index in [-0.39, 0.29) is 0 Å². The summed E-state index contributed by atoms with van der Waals surface area (Å²) in [7, 11) is 0. The fraction of sp³-hybridized carbons (Fsp3) is 0.588. The Labute approximate surface area is 132 Å². The molecule has 3 rings (SSSR count). The molecule has 1 aromatic carbocycles. The maximum absolute atomic E-state index is 5.48. The van der Waals surface area contributed by atoms with Gasteiger partial charge in [0.25, 0.3) is 0 Å². The van der Waals surface area contributed by atoms with Crippen LogP contribution in [0.5, 0.6) is 0 Å². The van der Waals surface area contributed by atoms with Crippen molar-refractivity contribution in [2.75, 3.05) is 39.4 Å². The predicted octanol–water partition coefficient (Wildman–Crippen LogP) is 1.94.